The van der Waals surface area contributed by atoms with E-state index < -0.39 is 0 Å². The van der Waals surface area contributed by atoms with Gasteiger partial charge in [0, 0.05) is 23.3 Å². The molecule has 3 heteroatoms. The Kier molecular flexibility index (Phi) is 3.69. The number of halogens is 1. The van der Waals surface area contributed by atoms with Crippen LogP contribution in [0.2, 0.25) is 0 Å². The summed E-state index contributed by atoms with van der Waals surface area (Å²) in [6, 6.07) is 4.53. The molecule has 0 aliphatic heterocycles. The second kappa shape index (κ2) is 4.58. The molecule has 0 radical (unpaired) electrons. The largest absolute Gasteiger partial charge is 0.309 e. The Hall–Kier alpha value is -0.410. The molecule has 0 bridgehead atoms. The topological polar surface area (TPSA) is 24.9 Å². The van der Waals surface area contributed by atoms with Crippen molar-refractivity contribution in [3.63, 3.8) is 0 Å². The summed E-state index contributed by atoms with van der Waals surface area (Å²) in [4.78, 5) is 4.24. The zero-order valence-corrected chi connectivity index (χ0v) is 8.93. The average Bonchev–Trinajstić information content (AvgIpc) is 2.03. The van der Waals surface area contributed by atoms with Gasteiger partial charge < -0.3 is 5.32 Å². The molecule has 0 spiro atoms. The molecule has 1 aromatic heterocycles. The van der Waals surface area contributed by atoms with Crippen molar-refractivity contribution in [2.75, 3.05) is 0 Å². The Morgan fingerprint density at radius 2 is 2.25 bits per heavy atom. The zero-order chi connectivity index (χ0) is 8.97. The van der Waals surface area contributed by atoms with Gasteiger partial charge in [-0.1, -0.05) is 13.8 Å². The lowest BCUT2D eigenvalue weighted by Crippen LogP contribution is -2.22. The molecule has 0 aliphatic carbocycles. The van der Waals surface area contributed by atoms with Crippen molar-refractivity contribution in [3.8, 4) is 0 Å². The lowest BCUT2D eigenvalue weighted by atomic mass is 10.3. The third kappa shape index (κ3) is 3.32. The van der Waals surface area contributed by atoms with E-state index in [-0.39, 0.29) is 0 Å². The first-order valence-corrected chi connectivity index (χ1v) is 4.81. The molecule has 1 aromatic rings. The highest BCUT2D eigenvalue weighted by Gasteiger charge is 1.95. The minimum absolute atomic E-state index is 0.510. The predicted octanol–water partition coefficient (Wildman–Crippen LogP) is 2.34. The summed E-state index contributed by atoms with van der Waals surface area (Å²) in [7, 11) is 0. The van der Waals surface area contributed by atoms with Crippen LogP contribution in [0.4, 0.5) is 0 Å². The van der Waals surface area contributed by atoms with Gasteiger partial charge in [0.25, 0.3) is 0 Å². The minimum Gasteiger partial charge on any atom is -0.309 e. The predicted molar refractivity (Wildman–Crippen MR) is 53.9 cm³/mol. The average molecular weight is 229 g/mol. The Morgan fingerprint density at radius 1 is 1.50 bits per heavy atom. The number of rotatable bonds is 3. The lowest BCUT2D eigenvalue weighted by molar-refractivity contribution is 0.581. The maximum absolute atomic E-state index is 4.24. The van der Waals surface area contributed by atoms with Crippen LogP contribution in [0.15, 0.2) is 22.8 Å². The number of hydrogen-bond acceptors (Lipinski definition) is 2. The van der Waals surface area contributed by atoms with Crippen molar-refractivity contribution < 1.29 is 0 Å². The van der Waals surface area contributed by atoms with Gasteiger partial charge in [-0.05, 0) is 28.1 Å². The monoisotopic (exact) mass is 228 g/mol. The van der Waals surface area contributed by atoms with E-state index in [2.05, 4.69) is 40.1 Å². The number of nitrogens with zero attached hydrogens (tertiary/aromatic N) is 1. The summed E-state index contributed by atoms with van der Waals surface area (Å²) in [5.41, 5.74) is 1.08. The second-order valence-electron chi connectivity index (χ2n) is 3.00. The van der Waals surface area contributed by atoms with E-state index in [1.54, 1.807) is 0 Å². The molecule has 1 rings (SSSR count). The first-order chi connectivity index (χ1) is 5.68. The zero-order valence-electron chi connectivity index (χ0n) is 7.34. The molecule has 0 saturated carbocycles. The maximum atomic E-state index is 4.24. The fraction of sp³-hybridized carbons (Fsp3) is 0.444. The molecule has 0 aliphatic rings. The van der Waals surface area contributed by atoms with Gasteiger partial charge in [-0.3, -0.25) is 4.98 Å². The molecule has 0 unspecified atom stereocenters. The molecular weight excluding hydrogens is 216 g/mol. The molecule has 66 valence electrons. The summed E-state index contributed by atoms with van der Waals surface area (Å²) in [5.74, 6) is 0. The Labute approximate surface area is 81.5 Å². The van der Waals surface area contributed by atoms with Gasteiger partial charge in [0.1, 0.15) is 0 Å². The van der Waals surface area contributed by atoms with Crippen molar-refractivity contribution in [2.24, 2.45) is 0 Å². The molecule has 1 N–H and O–H groups in total. The van der Waals surface area contributed by atoms with Gasteiger partial charge in [-0.15, -0.1) is 0 Å². The van der Waals surface area contributed by atoms with Crippen molar-refractivity contribution in [2.45, 2.75) is 26.4 Å². The van der Waals surface area contributed by atoms with Crippen LogP contribution in [0.1, 0.15) is 19.5 Å². The summed E-state index contributed by atoms with van der Waals surface area (Å²) >= 11 is 3.34. The van der Waals surface area contributed by atoms with Crippen molar-refractivity contribution in [1.29, 1.82) is 0 Å². The van der Waals surface area contributed by atoms with E-state index in [1.165, 1.54) is 0 Å². The van der Waals surface area contributed by atoms with Gasteiger partial charge in [0.15, 0.2) is 0 Å². The van der Waals surface area contributed by atoms with E-state index >= 15 is 0 Å². The molecular formula is C9H13BrN2. The molecule has 0 aromatic carbocycles. The van der Waals surface area contributed by atoms with E-state index in [0.717, 1.165) is 16.7 Å². The summed E-state index contributed by atoms with van der Waals surface area (Å²) in [5, 5.41) is 3.30. The molecule has 0 atom stereocenters. The Morgan fingerprint density at radius 3 is 2.75 bits per heavy atom. The highest BCUT2D eigenvalue weighted by molar-refractivity contribution is 9.10. The normalized spacial score (nSPS) is 10.7. The number of nitrogens with one attached hydrogen (secondary N) is 1. The van der Waals surface area contributed by atoms with Crippen molar-refractivity contribution >= 4 is 15.9 Å². The van der Waals surface area contributed by atoms with Crippen LogP contribution < -0.4 is 5.32 Å². The summed E-state index contributed by atoms with van der Waals surface area (Å²) in [6.45, 7) is 5.09. The minimum atomic E-state index is 0.510. The quantitative estimate of drug-likeness (QED) is 0.860. The lowest BCUT2D eigenvalue weighted by Gasteiger charge is -2.06. The van der Waals surface area contributed by atoms with Crippen LogP contribution in [0.25, 0.3) is 0 Å². The van der Waals surface area contributed by atoms with Gasteiger partial charge in [-0.2, -0.15) is 0 Å². The fourth-order valence-electron chi connectivity index (χ4n) is 0.820. The van der Waals surface area contributed by atoms with Crippen LogP contribution in [-0.4, -0.2) is 11.0 Å². The standard InChI is InChI=1S/C9H13BrN2/c1-7(2)11-6-9-4-3-8(10)5-12-9/h3-5,7,11H,6H2,1-2H3. The fourth-order valence-corrected chi connectivity index (χ4v) is 1.05. The van der Waals surface area contributed by atoms with Gasteiger partial charge >= 0.3 is 0 Å². The number of hydrogen-bond donors (Lipinski definition) is 1. The first-order valence-electron chi connectivity index (χ1n) is 4.02. The molecule has 0 saturated heterocycles. The van der Waals surface area contributed by atoms with Crippen LogP contribution in [-0.2, 0) is 6.54 Å². The van der Waals surface area contributed by atoms with E-state index in [1.807, 2.05) is 18.3 Å². The highest BCUT2D eigenvalue weighted by atomic mass is 79.9. The van der Waals surface area contributed by atoms with Gasteiger partial charge in [0.2, 0.25) is 0 Å². The van der Waals surface area contributed by atoms with E-state index in [0.29, 0.717) is 6.04 Å². The molecule has 0 fully saturated rings. The third-order valence-corrected chi connectivity index (χ3v) is 1.95. The van der Waals surface area contributed by atoms with Crippen LogP contribution in [0.3, 0.4) is 0 Å². The molecule has 1 heterocycles. The second-order valence-corrected chi connectivity index (χ2v) is 3.92. The molecule has 0 amide bonds. The van der Waals surface area contributed by atoms with Crippen molar-refractivity contribution in [1.82, 2.24) is 10.3 Å². The van der Waals surface area contributed by atoms with Crippen LogP contribution >= 0.6 is 15.9 Å². The summed E-state index contributed by atoms with van der Waals surface area (Å²) in [6.07, 6.45) is 1.82. The maximum Gasteiger partial charge on any atom is 0.0542 e. The molecule has 2 nitrogen and oxygen atoms in total. The third-order valence-electron chi connectivity index (χ3n) is 1.48. The van der Waals surface area contributed by atoms with E-state index in [9.17, 15) is 0 Å². The molecule has 12 heavy (non-hydrogen) atoms. The smallest absolute Gasteiger partial charge is 0.0542 e. The van der Waals surface area contributed by atoms with Crippen LogP contribution in [0.5, 0.6) is 0 Å². The van der Waals surface area contributed by atoms with Crippen molar-refractivity contribution in [3.05, 3.63) is 28.5 Å². The van der Waals surface area contributed by atoms with E-state index in [4.69, 9.17) is 0 Å². The summed E-state index contributed by atoms with van der Waals surface area (Å²) < 4.78 is 1.02. The Bertz CT molecular complexity index is 231. The first kappa shape index (κ1) is 9.68. The van der Waals surface area contributed by atoms with Crippen LogP contribution in [0, 0.1) is 0 Å². The highest BCUT2D eigenvalue weighted by Crippen LogP contribution is 2.07. The van der Waals surface area contributed by atoms with Gasteiger partial charge in [-0.25, -0.2) is 0 Å². The number of aromatic nitrogens is 1. The van der Waals surface area contributed by atoms with Gasteiger partial charge in [0.05, 0.1) is 5.69 Å². The Balaban J connectivity index is 2.48. The number of pyridine rings is 1. The SMILES string of the molecule is CC(C)NCc1ccc(Br)cn1.